The third kappa shape index (κ3) is 9.86. The summed E-state index contributed by atoms with van der Waals surface area (Å²) in [6, 6.07) is 0. The molecular formula is C5H13BNO3P. The number of rotatable bonds is 2. The van der Waals surface area contributed by atoms with Gasteiger partial charge in [-0.05, 0) is 5.97 Å². The third-order valence-electron chi connectivity index (χ3n) is 1.30. The van der Waals surface area contributed by atoms with Crippen LogP contribution < -0.4 is 0 Å². The van der Waals surface area contributed by atoms with Crippen molar-refractivity contribution in [2.45, 2.75) is 13.8 Å². The third-order valence-corrected chi connectivity index (χ3v) is 3.89. The zero-order valence-corrected chi connectivity index (χ0v) is 7.62. The SMILES string of the molecule is CCP(O)(O)(O)CC.[B]C#N. The van der Waals surface area contributed by atoms with Gasteiger partial charge in [0.15, 0.2) is 0 Å². The van der Waals surface area contributed by atoms with Gasteiger partial charge in [-0.25, -0.2) is 5.26 Å². The number of nitriles is 1. The van der Waals surface area contributed by atoms with Gasteiger partial charge in [-0.2, -0.15) is 0 Å². The van der Waals surface area contributed by atoms with Crippen molar-refractivity contribution in [2.75, 3.05) is 12.3 Å². The van der Waals surface area contributed by atoms with Crippen LogP contribution in [0.25, 0.3) is 0 Å². The molecule has 4 nitrogen and oxygen atoms in total. The molecule has 0 aromatic carbocycles. The van der Waals surface area contributed by atoms with E-state index < -0.39 is 7.28 Å². The monoisotopic (exact) mass is 177 g/mol. The van der Waals surface area contributed by atoms with Crippen LogP contribution >= 0.6 is 7.28 Å². The van der Waals surface area contributed by atoms with Crippen molar-refractivity contribution in [3.63, 3.8) is 0 Å². The number of hydrogen-bond acceptors (Lipinski definition) is 4. The average molecular weight is 177 g/mol. The van der Waals surface area contributed by atoms with Crippen molar-refractivity contribution in [1.29, 1.82) is 5.26 Å². The van der Waals surface area contributed by atoms with Crippen LogP contribution in [0, 0.1) is 11.2 Å². The van der Waals surface area contributed by atoms with E-state index in [0.29, 0.717) is 0 Å². The molecule has 0 atom stereocenters. The first kappa shape index (κ1) is 13.5. The van der Waals surface area contributed by atoms with Crippen LogP contribution in [0.1, 0.15) is 13.8 Å². The molecule has 0 aliphatic carbocycles. The molecule has 0 rings (SSSR count). The van der Waals surface area contributed by atoms with Gasteiger partial charge >= 0.3 is 48.1 Å². The van der Waals surface area contributed by atoms with Crippen LogP contribution in [0.3, 0.4) is 0 Å². The average Bonchev–Trinajstić information content (AvgIpc) is 1.90. The summed E-state index contributed by atoms with van der Waals surface area (Å²) < 4.78 is 0. The first-order valence-corrected chi connectivity index (χ1v) is 5.62. The Morgan fingerprint density at radius 2 is 1.45 bits per heavy atom. The molecule has 6 heteroatoms. The Morgan fingerprint density at radius 3 is 1.45 bits per heavy atom. The molecule has 0 spiro atoms. The fourth-order valence-corrected chi connectivity index (χ4v) is 0.671. The summed E-state index contributed by atoms with van der Waals surface area (Å²) in [4.78, 5) is 26.5. The summed E-state index contributed by atoms with van der Waals surface area (Å²) in [6.07, 6.45) is 0.115. The van der Waals surface area contributed by atoms with E-state index in [9.17, 15) is 0 Å². The molecule has 0 aliphatic rings. The summed E-state index contributed by atoms with van der Waals surface area (Å²) in [6.45, 7) is 3.11. The van der Waals surface area contributed by atoms with Crippen molar-refractivity contribution >= 4 is 15.1 Å². The molecule has 0 unspecified atom stereocenters. The minimum atomic E-state index is -4.10. The van der Waals surface area contributed by atoms with Crippen molar-refractivity contribution in [2.24, 2.45) is 0 Å². The first-order chi connectivity index (χ1) is 4.80. The van der Waals surface area contributed by atoms with Crippen molar-refractivity contribution < 1.29 is 14.7 Å². The van der Waals surface area contributed by atoms with Crippen LogP contribution in [-0.4, -0.2) is 34.9 Å². The Kier molecular flexibility index (Phi) is 5.73. The maximum atomic E-state index is 8.84. The molecule has 0 amide bonds. The molecule has 0 saturated heterocycles. The van der Waals surface area contributed by atoms with E-state index in [2.05, 4.69) is 7.85 Å². The number of nitrogens with zero attached hydrogens (tertiary/aromatic N) is 1. The van der Waals surface area contributed by atoms with Crippen LogP contribution in [0.2, 0.25) is 0 Å². The van der Waals surface area contributed by atoms with Crippen LogP contribution in [0.5, 0.6) is 0 Å². The van der Waals surface area contributed by atoms with Crippen molar-refractivity contribution in [3.8, 4) is 5.97 Å². The van der Waals surface area contributed by atoms with Crippen molar-refractivity contribution in [3.05, 3.63) is 0 Å². The second kappa shape index (κ2) is 4.68. The maximum Gasteiger partial charge on any atom is 0.229 e. The Balaban J connectivity index is 0. The molecule has 0 heterocycles. The minimum Gasteiger partial charge on any atom is -0.214 e. The van der Waals surface area contributed by atoms with Gasteiger partial charge in [0.2, 0.25) is 7.85 Å². The van der Waals surface area contributed by atoms with E-state index in [1.54, 1.807) is 13.8 Å². The number of hydrogen-bond donors (Lipinski definition) is 3. The maximum absolute atomic E-state index is 8.84. The molecule has 0 aromatic rings. The predicted molar refractivity (Wildman–Crippen MR) is 46.0 cm³/mol. The van der Waals surface area contributed by atoms with Gasteiger partial charge in [0.05, 0.1) is 0 Å². The summed E-state index contributed by atoms with van der Waals surface area (Å²) in [7, 11) is 0.0515. The van der Waals surface area contributed by atoms with Crippen LogP contribution in [-0.2, 0) is 0 Å². The fourth-order valence-electron chi connectivity index (χ4n) is 0.224. The molecule has 0 aliphatic heterocycles. The standard InChI is InChI=1S/C4H13O3P.CBN/c1-3-8(5,6,7)4-2;2-1-3/h5-7H,3-4H2,1-2H3;. The van der Waals surface area contributed by atoms with Gasteiger partial charge in [-0.3, -0.25) is 0 Å². The Morgan fingerprint density at radius 1 is 1.27 bits per heavy atom. The van der Waals surface area contributed by atoms with Crippen LogP contribution in [0.15, 0.2) is 0 Å². The van der Waals surface area contributed by atoms with Gasteiger partial charge in [-0.1, -0.05) is 0 Å². The van der Waals surface area contributed by atoms with E-state index in [-0.39, 0.29) is 12.3 Å². The predicted octanol–water partition coefficient (Wildman–Crippen LogP) is -0.0626. The molecule has 0 aromatic heterocycles. The Labute approximate surface area is 68.1 Å². The molecule has 2 radical (unpaired) electrons. The van der Waals surface area contributed by atoms with Gasteiger partial charge in [0.25, 0.3) is 0 Å². The summed E-state index contributed by atoms with van der Waals surface area (Å²) in [5.41, 5.74) is 0. The van der Waals surface area contributed by atoms with Gasteiger partial charge in [0.1, 0.15) is 0 Å². The molecule has 0 bridgehead atoms. The molecule has 3 N–H and O–H groups in total. The quantitative estimate of drug-likeness (QED) is 0.407. The molecule has 11 heavy (non-hydrogen) atoms. The molecular weight excluding hydrogens is 164 g/mol. The second-order valence-corrected chi connectivity index (χ2v) is 6.05. The molecule has 64 valence electrons. The normalized spacial score (nSPS) is 13.3. The van der Waals surface area contributed by atoms with E-state index in [0.717, 1.165) is 0 Å². The van der Waals surface area contributed by atoms with Gasteiger partial charge < -0.3 is 0 Å². The molecule has 0 fully saturated rings. The van der Waals surface area contributed by atoms with E-state index in [1.807, 2.05) is 0 Å². The largest absolute Gasteiger partial charge is 0.229 e. The van der Waals surface area contributed by atoms with Gasteiger partial charge in [-0.15, -0.1) is 0 Å². The topological polar surface area (TPSA) is 84.5 Å². The van der Waals surface area contributed by atoms with Crippen LogP contribution in [0.4, 0.5) is 0 Å². The van der Waals surface area contributed by atoms with E-state index >= 15 is 0 Å². The van der Waals surface area contributed by atoms with E-state index in [4.69, 9.17) is 19.9 Å². The Bertz CT molecular complexity index is 140. The zero-order chi connectivity index (χ0) is 9.57. The first-order valence-electron chi connectivity index (χ1n) is 3.16. The zero-order valence-electron chi connectivity index (χ0n) is 6.73. The van der Waals surface area contributed by atoms with E-state index in [1.165, 1.54) is 5.97 Å². The summed E-state index contributed by atoms with van der Waals surface area (Å²) in [5.74, 6) is 1.25. The smallest absolute Gasteiger partial charge is 0.214 e. The summed E-state index contributed by atoms with van der Waals surface area (Å²) in [5, 5.41) is 7.10. The molecule has 0 saturated carbocycles. The van der Waals surface area contributed by atoms with Gasteiger partial charge in [0, 0.05) is 0 Å². The van der Waals surface area contributed by atoms with Crippen molar-refractivity contribution in [1.82, 2.24) is 0 Å². The second-order valence-electron chi connectivity index (χ2n) is 2.10. The summed E-state index contributed by atoms with van der Waals surface area (Å²) >= 11 is 0. The Hall–Kier alpha value is -0.135. The minimum absolute atomic E-state index is 0.0576. The fraction of sp³-hybridized carbons (Fsp3) is 0.800.